The quantitative estimate of drug-likeness (QED) is 0.733. The molecule has 94 valence electrons. The first-order chi connectivity index (χ1) is 8.29. The molecule has 0 radical (unpaired) electrons. The number of anilines is 1. The van der Waals surface area contributed by atoms with Crippen LogP contribution in [-0.2, 0) is 0 Å². The molecule has 1 aromatic carbocycles. The maximum absolute atomic E-state index is 11.9. The Kier molecular flexibility index (Phi) is 6.55. The first-order valence-electron chi connectivity index (χ1n) is 5.89. The molecule has 0 saturated carbocycles. The lowest BCUT2D eigenvalue weighted by Gasteiger charge is -2.10. The van der Waals surface area contributed by atoms with Gasteiger partial charge in [0.25, 0.3) is 5.91 Å². The first-order valence-corrected chi connectivity index (χ1v) is 7.29. The SMILES string of the molecule is CCNc1ccccc1C(=O)NCCCSC. The van der Waals surface area contributed by atoms with Gasteiger partial charge in [0, 0.05) is 18.8 Å². The van der Waals surface area contributed by atoms with E-state index in [4.69, 9.17) is 0 Å². The Bertz CT molecular complexity index is 355. The molecule has 1 amide bonds. The van der Waals surface area contributed by atoms with Crippen LogP contribution in [0.3, 0.4) is 0 Å². The van der Waals surface area contributed by atoms with Crippen LogP contribution in [-0.4, -0.2) is 31.0 Å². The van der Waals surface area contributed by atoms with Gasteiger partial charge in [-0.05, 0) is 37.5 Å². The highest BCUT2D eigenvalue weighted by molar-refractivity contribution is 7.98. The summed E-state index contributed by atoms with van der Waals surface area (Å²) in [6.45, 7) is 3.57. The Hall–Kier alpha value is -1.16. The van der Waals surface area contributed by atoms with Crippen molar-refractivity contribution in [1.29, 1.82) is 0 Å². The van der Waals surface area contributed by atoms with Crippen LogP contribution in [0.1, 0.15) is 23.7 Å². The van der Waals surface area contributed by atoms with Gasteiger partial charge in [0.05, 0.1) is 5.56 Å². The second-order valence-electron chi connectivity index (χ2n) is 3.68. The molecule has 1 rings (SSSR count). The summed E-state index contributed by atoms with van der Waals surface area (Å²) in [5, 5.41) is 6.13. The minimum Gasteiger partial charge on any atom is -0.385 e. The number of hydrogen-bond donors (Lipinski definition) is 2. The van der Waals surface area contributed by atoms with Crippen LogP contribution in [0.5, 0.6) is 0 Å². The number of para-hydroxylation sites is 1. The van der Waals surface area contributed by atoms with Crippen LogP contribution in [0.25, 0.3) is 0 Å². The molecule has 0 atom stereocenters. The number of carbonyl (C=O) groups is 1. The highest BCUT2D eigenvalue weighted by atomic mass is 32.2. The predicted octanol–water partition coefficient (Wildman–Crippen LogP) is 2.60. The smallest absolute Gasteiger partial charge is 0.253 e. The summed E-state index contributed by atoms with van der Waals surface area (Å²) in [6.07, 6.45) is 3.08. The van der Waals surface area contributed by atoms with E-state index in [2.05, 4.69) is 16.9 Å². The summed E-state index contributed by atoms with van der Waals surface area (Å²) < 4.78 is 0. The summed E-state index contributed by atoms with van der Waals surface area (Å²) in [6, 6.07) is 7.60. The van der Waals surface area contributed by atoms with Crippen LogP contribution < -0.4 is 10.6 Å². The molecular weight excluding hydrogens is 232 g/mol. The molecule has 0 fully saturated rings. The van der Waals surface area contributed by atoms with Crippen molar-refractivity contribution in [2.24, 2.45) is 0 Å². The minimum absolute atomic E-state index is 0.00246. The molecule has 0 spiro atoms. The number of rotatable bonds is 7. The zero-order chi connectivity index (χ0) is 12.5. The van der Waals surface area contributed by atoms with Gasteiger partial charge in [0.15, 0.2) is 0 Å². The highest BCUT2D eigenvalue weighted by Crippen LogP contribution is 2.14. The fourth-order valence-corrected chi connectivity index (χ4v) is 1.97. The minimum atomic E-state index is 0.00246. The molecule has 0 saturated heterocycles. The van der Waals surface area contributed by atoms with Crippen LogP contribution in [0.15, 0.2) is 24.3 Å². The Balaban J connectivity index is 2.55. The Morgan fingerprint density at radius 1 is 1.35 bits per heavy atom. The van der Waals surface area contributed by atoms with Crippen molar-refractivity contribution in [2.75, 3.05) is 30.4 Å². The molecule has 1 aromatic rings. The Morgan fingerprint density at radius 3 is 2.82 bits per heavy atom. The number of thioether (sulfide) groups is 1. The summed E-state index contributed by atoms with van der Waals surface area (Å²) in [5.74, 6) is 1.08. The maximum Gasteiger partial charge on any atom is 0.253 e. The third-order valence-corrected chi connectivity index (χ3v) is 3.05. The van der Waals surface area contributed by atoms with E-state index in [9.17, 15) is 4.79 Å². The van der Waals surface area contributed by atoms with Crippen LogP contribution in [0, 0.1) is 0 Å². The molecule has 4 heteroatoms. The summed E-state index contributed by atoms with van der Waals surface area (Å²) in [4.78, 5) is 11.9. The maximum atomic E-state index is 11.9. The fraction of sp³-hybridized carbons (Fsp3) is 0.462. The fourth-order valence-electron chi connectivity index (χ4n) is 1.54. The first kappa shape index (κ1) is 13.9. The van der Waals surface area contributed by atoms with Crippen molar-refractivity contribution < 1.29 is 4.79 Å². The van der Waals surface area contributed by atoms with Crippen molar-refractivity contribution in [3.8, 4) is 0 Å². The molecule has 3 nitrogen and oxygen atoms in total. The van der Waals surface area contributed by atoms with E-state index < -0.39 is 0 Å². The standard InChI is InChI=1S/C13H20N2OS/c1-3-14-12-8-5-4-7-11(12)13(16)15-9-6-10-17-2/h4-5,7-8,14H,3,6,9-10H2,1-2H3,(H,15,16). The average Bonchev–Trinajstić information content (AvgIpc) is 2.35. The van der Waals surface area contributed by atoms with Crippen molar-refractivity contribution in [3.63, 3.8) is 0 Å². The second kappa shape index (κ2) is 8.01. The van der Waals surface area contributed by atoms with Gasteiger partial charge in [-0.1, -0.05) is 12.1 Å². The van der Waals surface area contributed by atoms with E-state index in [1.807, 2.05) is 31.2 Å². The molecule has 0 aliphatic heterocycles. The van der Waals surface area contributed by atoms with Crippen LogP contribution >= 0.6 is 11.8 Å². The lowest BCUT2D eigenvalue weighted by Crippen LogP contribution is -2.25. The van der Waals surface area contributed by atoms with Gasteiger partial charge in [-0.3, -0.25) is 4.79 Å². The van der Waals surface area contributed by atoms with Gasteiger partial charge in [-0.15, -0.1) is 0 Å². The number of benzene rings is 1. The number of carbonyl (C=O) groups excluding carboxylic acids is 1. The molecule has 0 aromatic heterocycles. The van der Waals surface area contributed by atoms with Crippen molar-refractivity contribution in [3.05, 3.63) is 29.8 Å². The molecule has 0 unspecified atom stereocenters. The van der Waals surface area contributed by atoms with Gasteiger partial charge < -0.3 is 10.6 Å². The topological polar surface area (TPSA) is 41.1 Å². The molecule has 0 heterocycles. The average molecular weight is 252 g/mol. The largest absolute Gasteiger partial charge is 0.385 e. The Morgan fingerprint density at radius 2 is 2.12 bits per heavy atom. The van der Waals surface area contributed by atoms with E-state index in [0.29, 0.717) is 0 Å². The zero-order valence-corrected chi connectivity index (χ0v) is 11.3. The van der Waals surface area contributed by atoms with E-state index in [1.54, 1.807) is 11.8 Å². The van der Waals surface area contributed by atoms with Crippen molar-refractivity contribution in [2.45, 2.75) is 13.3 Å². The molecule has 0 bridgehead atoms. The monoisotopic (exact) mass is 252 g/mol. The van der Waals surface area contributed by atoms with Crippen LogP contribution in [0.2, 0.25) is 0 Å². The molecule has 0 aliphatic carbocycles. The second-order valence-corrected chi connectivity index (χ2v) is 4.66. The van der Waals surface area contributed by atoms with Gasteiger partial charge in [-0.25, -0.2) is 0 Å². The molecule has 0 aliphatic rings. The van der Waals surface area contributed by atoms with E-state index in [0.717, 1.165) is 36.5 Å². The lowest BCUT2D eigenvalue weighted by atomic mass is 10.1. The van der Waals surface area contributed by atoms with Gasteiger partial charge >= 0.3 is 0 Å². The lowest BCUT2D eigenvalue weighted by molar-refractivity contribution is 0.0954. The van der Waals surface area contributed by atoms with Gasteiger partial charge in [-0.2, -0.15) is 11.8 Å². The summed E-state index contributed by atoms with van der Waals surface area (Å²) >= 11 is 1.80. The van der Waals surface area contributed by atoms with Gasteiger partial charge in [0.2, 0.25) is 0 Å². The highest BCUT2D eigenvalue weighted by Gasteiger charge is 2.08. The van der Waals surface area contributed by atoms with E-state index >= 15 is 0 Å². The third-order valence-electron chi connectivity index (χ3n) is 2.35. The molecular formula is C13H20N2OS. The van der Waals surface area contributed by atoms with E-state index in [-0.39, 0.29) is 5.91 Å². The van der Waals surface area contributed by atoms with Gasteiger partial charge in [0.1, 0.15) is 0 Å². The third kappa shape index (κ3) is 4.69. The van der Waals surface area contributed by atoms with E-state index in [1.165, 1.54) is 0 Å². The van der Waals surface area contributed by atoms with Crippen LogP contribution in [0.4, 0.5) is 5.69 Å². The molecule has 17 heavy (non-hydrogen) atoms. The number of hydrogen-bond acceptors (Lipinski definition) is 3. The number of amides is 1. The molecule has 2 N–H and O–H groups in total. The van der Waals surface area contributed by atoms with Crippen molar-refractivity contribution in [1.82, 2.24) is 5.32 Å². The Labute approximate surface area is 107 Å². The normalized spacial score (nSPS) is 10.0. The zero-order valence-electron chi connectivity index (χ0n) is 10.5. The number of nitrogens with one attached hydrogen (secondary N) is 2. The summed E-state index contributed by atoms with van der Waals surface area (Å²) in [5.41, 5.74) is 1.62. The van der Waals surface area contributed by atoms with Crippen molar-refractivity contribution >= 4 is 23.4 Å². The summed E-state index contributed by atoms with van der Waals surface area (Å²) in [7, 11) is 0. The predicted molar refractivity (Wildman–Crippen MR) is 75.9 cm³/mol.